The van der Waals surface area contributed by atoms with E-state index in [4.69, 9.17) is 0 Å². The zero-order valence-electron chi connectivity index (χ0n) is 6.02. The Labute approximate surface area is 76.7 Å². The summed E-state index contributed by atoms with van der Waals surface area (Å²) in [5.74, 6) is 0. The minimum Gasteiger partial charge on any atom is -0.245 e. The van der Waals surface area contributed by atoms with Crippen LogP contribution in [-0.2, 0) is 0 Å². The lowest BCUT2D eigenvalue weighted by molar-refractivity contribution is 1.45. The van der Waals surface area contributed by atoms with Crippen molar-refractivity contribution in [2.75, 3.05) is 0 Å². The lowest BCUT2D eigenvalue weighted by atomic mass is 10.3. The number of nitrogens with zero attached hydrogens (tertiary/aromatic N) is 2. The van der Waals surface area contributed by atoms with Crippen molar-refractivity contribution in [2.45, 2.75) is 0 Å². The zero-order chi connectivity index (χ0) is 7.97. The average molecular weight is 192 g/mol. The van der Waals surface area contributed by atoms with E-state index in [2.05, 4.69) is 20.8 Å². The summed E-state index contributed by atoms with van der Waals surface area (Å²) >= 11 is 3.21. The SMILES string of the molecule is c1cnc2sc3csnc3c2c1. The standard InChI is InChI=1S/C8H4N2S2/c1-2-5-7-6(4-11-10-7)12-8(5)9-3-1/h1-4H. The molecule has 0 radical (unpaired) electrons. The van der Waals surface area contributed by atoms with Gasteiger partial charge in [0.25, 0.3) is 0 Å². The highest BCUT2D eigenvalue weighted by atomic mass is 32.1. The molecular formula is C8H4N2S2. The number of thiophene rings is 1. The van der Waals surface area contributed by atoms with Crippen molar-refractivity contribution in [1.82, 2.24) is 9.36 Å². The summed E-state index contributed by atoms with van der Waals surface area (Å²) in [5.41, 5.74) is 1.10. The van der Waals surface area contributed by atoms with Crippen LogP contribution in [0.5, 0.6) is 0 Å². The van der Waals surface area contributed by atoms with Gasteiger partial charge in [-0.1, -0.05) is 0 Å². The minimum atomic E-state index is 1.09. The van der Waals surface area contributed by atoms with Crippen LogP contribution in [0.15, 0.2) is 23.7 Å². The molecule has 0 amide bonds. The van der Waals surface area contributed by atoms with Gasteiger partial charge in [0.2, 0.25) is 0 Å². The third kappa shape index (κ3) is 0.735. The van der Waals surface area contributed by atoms with Crippen LogP contribution in [-0.4, -0.2) is 9.36 Å². The second-order valence-electron chi connectivity index (χ2n) is 2.49. The van der Waals surface area contributed by atoms with E-state index in [-0.39, 0.29) is 0 Å². The highest BCUT2D eigenvalue weighted by Gasteiger charge is 2.06. The van der Waals surface area contributed by atoms with E-state index in [0.717, 1.165) is 10.3 Å². The van der Waals surface area contributed by atoms with Crippen LogP contribution < -0.4 is 0 Å². The smallest absolute Gasteiger partial charge is 0.126 e. The number of fused-ring (bicyclic) bond motifs is 3. The molecule has 0 N–H and O–H groups in total. The zero-order valence-corrected chi connectivity index (χ0v) is 7.65. The summed E-state index contributed by atoms with van der Waals surface area (Å²) in [5, 5.41) is 3.25. The van der Waals surface area contributed by atoms with Gasteiger partial charge in [0.05, 0.1) is 4.70 Å². The number of hydrogen-bond acceptors (Lipinski definition) is 4. The summed E-state index contributed by atoms with van der Waals surface area (Å²) in [6.45, 7) is 0. The molecule has 0 aliphatic rings. The Bertz CT molecular complexity index is 537. The predicted molar refractivity (Wildman–Crippen MR) is 52.8 cm³/mol. The molecule has 3 aromatic rings. The van der Waals surface area contributed by atoms with Gasteiger partial charge in [0, 0.05) is 17.0 Å². The van der Waals surface area contributed by atoms with Crippen molar-refractivity contribution in [2.24, 2.45) is 0 Å². The van der Waals surface area contributed by atoms with Crippen LogP contribution in [0.25, 0.3) is 20.4 Å². The number of hydrogen-bond donors (Lipinski definition) is 0. The maximum atomic E-state index is 4.32. The van der Waals surface area contributed by atoms with Crippen molar-refractivity contribution >= 4 is 43.3 Å². The van der Waals surface area contributed by atoms with Crippen LogP contribution in [0.1, 0.15) is 0 Å². The van der Waals surface area contributed by atoms with E-state index in [9.17, 15) is 0 Å². The summed E-state index contributed by atoms with van der Waals surface area (Å²) < 4.78 is 5.56. The summed E-state index contributed by atoms with van der Waals surface area (Å²) in [4.78, 5) is 5.36. The first-order chi connectivity index (χ1) is 5.95. The summed E-state index contributed by atoms with van der Waals surface area (Å²) in [6, 6.07) is 4.02. The minimum absolute atomic E-state index is 1.09. The van der Waals surface area contributed by atoms with Crippen molar-refractivity contribution in [3.05, 3.63) is 23.7 Å². The quantitative estimate of drug-likeness (QED) is 0.547. The molecular weight excluding hydrogens is 188 g/mol. The van der Waals surface area contributed by atoms with Gasteiger partial charge in [0.15, 0.2) is 0 Å². The summed E-state index contributed by atoms with van der Waals surface area (Å²) in [6.07, 6.45) is 1.82. The van der Waals surface area contributed by atoms with Crippen LogP contribution in [0.2, 0.25) is 0 Å². The molecule has 2 nitrogen and oxygen atoms in total. The third-order valence-electron chi connectivity index (χ3n) is 1.77. The Morgan fingerprint density at radius 2 is 2.33 bits per heavy atom. The Balaban J connectivity index is 2.68. The van der Waals surface area contributed by atoms with Crippen molar-refractivity contribution in [3.8, 4) is 0 Å². The molecule has 0 spiro atoms. The second-order valence-corrected chi connectivity index (χ2v) is 4.15. The molecule has 0 aromatic carbocycles. The van der Waals surface area contributed by atoms with Gasteiger partial charge in [-0.2, -0.15) is 4.37 Å². The first-order valence-corrected chi connectivity index (χ1v) is 5.18. The molecule has 0 aliphatic carbocycles. The first kappa shape index (κ1) is 6.51. The predicted octanol–water partition coefficient (Wildman–Crippen LogP) is 2.91. The molecule has 4 heteroatoms. The molecule has 3 aromatic heterocycles. The first-order valence-electron chi connectivity index (χ1n) is 3.53. The summed E-state index contributed by atoms with van der Waals surface area (Å²) in [7, 11) is 0. The van der Waals surface area contributed by atoms with E-state index in [1.807, 2.05) is 12.3 Å². The molecule has 3 heterocycles. The normalized spacial score (nSPS) is 11.3. The third-order valence-corrected chi connectivity index (χ3v) is 3.60. The molecule has 3 rings (SSSR count). The van der Waals surface area contributed by atoms with Gasteiger partial charge >= 0.3 is 0 Å². The Kier molecular flexibility index (Phi) is 1.22. The lowest BCUT2D eigenvalue weighted by Crippen LogP contribution is -1.68. The molecule has 12 heavy (non-hydrogen) atoms. The maximum absolute atomic E-state index is 4.32. The molecule has 0 atom stereocenters. The van der Waals surface area contributed by atoms with Crippen molar-refractivity contribution in [1.29, 1.82) is 0 Å². The van der Waals surface area contributed by atoms with Gasteiger partial charge in [-0.25, -0.2) is 4.98 Å². The van der Waals surface area contributed by atoms with Gasteiger partial charge in [-0.05, 0) is 23.7 Å². The fraction of sp³-hybridized carbons (Fsp3) is 0. The van der Waals surface area contributed by atoms with Crippen molar-refractivity contribution < 1.29 is 0 Å². The maximum Gasteiger partial charge on any atom is 0.126 e. The van der Waals surface area contributed by atoms with Crippen molar-refractivity contribution in [3.63, 3.8) is 0 Å². The second kappa shape index (κ2) is 2.24. The van der Waals surface area contributed by atoms with Crippen LogP contribution in [0.3, 0.4) is 0 Å². The molecule has 0 aliphatic heterocycles. The Hall–Kier alpha value is -1.00. The molecule has 58 valence electrons. The van der Waals surface area contributed by atoms with E-state index < -0.39 is 0 Å². The van der Waals surface area contributed by atoms with Gasteiger partial charge in [-0.3, -0.25) is 0 Å². The largest absolute Gasteiger partial charge is 0.245 e. The van der Waals surface area contributed by atoms with Crippen LogP contribution in [0, 0.1) is 0 Å². The molecule has 0 unspecified atom stereocenters. The van der Waals surface area contributed by atoms with Gasteiger partial charge in [-0.15, -0.1) is 11.3 Å². The van der Waals surface area contributed by atoms with E-state index in [0.29, 0.717) is 0 Å². The molecule has 0 fully saturated rings. The number of aromatic nitrogens is 2. The van der Waals surface area contributed by atoms with Crippen LogP contribution in [0.4, 0.5) is 0 Å². The Morgan fingerprint density at radius 3 is 3.33 bits per heavy atom. The fourth-order valence-corrected chi connectivity index (χ4v) is 3.03. The van der Waals surface area contributed by atoms with E-state index in [1.54, 1.807) is 11.3 Å². The Morgan fingerprint density at radius 1 is 1.33 bits per heavy atom. The average Bonchev–Trinajstić information content (AvgIpc) is 2.62. The lowest BCUT2D eigenvalue weighted by Gasteiger charge is -1.83. The monoisotopic (exact) mass is 192 g/mol. The van der Waals surface area contributed by atoms with E-state index in [1.165, 1.54) is 21.6 Å². The molecule has 0 saturated carbocycles. The molecule has 0 saturated heterocycles. The fourth-order valence-electron chi connectivity index (χ4n) is 1.24. The number of rotatable bonds is 0. The highest BCUT2D eigenvalue weighted by Crippen LogP contribution is 2.31. The highest BCUT2D eigenvalue weighted by molar-refractivity contribution is 7.27. The molecule has 0 bridgehead atoms. The van der Waals surface area contributed by atoms with E-state index >= 15 is 0 Å². The van der Waals surface area contributed by atoms with Gasteiger partial charge in [0.1, 0.15) is 10.3 Å². The number of pyridine rings is 1. The van der Waals surface area contributed by atoms with Crippen LogP contribution >= 0.6 is 22.9 Å². The topological polar surface area (TPSA) is 25.8 Å². The van der Waals surface area contributed by atoms with Gasteiger partial charge < -0.3 is 0 Å².